The average Bonchev–Trinajstić information content (AvgIpc) is 2.72. The molecule has 0 aliphatic carbocycles. The Labute approximate surface area is 114 Å². The number of rotatable bonds is 8. The number of hydrogen-bond acceptors (Lipinski definition) is 4. The Morgan fingerprint density at radius 2 is 2.16 bits per heavy atom. The largest absolute Gasteiger partial charge is 0.396 e. The molecule has 1 heterocycles. The van der Waals surface area contributed by atoms with E-state index in [4.69, 9.17) is 5.11 Å². The first-order chi connectivity index (χ1) is 8.94. The van der Waals surface area contributed by atoms with Gasteiger partial charge in [-0.2, -0.15) is 0 Å². The Morgan fingerprint density at radius 1 is 1.47 bits per heavy atom. The molecule has 0 spiro atoms. The Kier molecular flexibility index (Phi) is 5.96. The van der Waals surface area contributed by atoms with Crippen LogP contribution < -0.4 is 4.72 Å². The average molecular weight is 289 g/mol. The Balaban J connectivity index is 2.90. The molecular formula is C12H23N3O3S. The third-order valence-corrected chi connectivity index (χ3v) is 4.38. The lowest BCUT2D eigenvalue weighted by molar-refractivity contribution is 0.270. The van der Waals surface area contributed by atoms with Crippen LogP contribution in [0.3, 0.4) is 0 Å². The number of nitrogens with zero attached hydrogens (tertiary/aromatic N) is 2. The summed E-state index contributed by atoms with van der Waals surface area (Å²) in [7, 11) is -3.61. The molecule has 0 aliphatic rings. The lowest BCUT2D eigenvalue weighted by Crippen LogP contribution is -2.35. The SMILES string of the molecule is CCCn1cc(S(=O)(=O)NC(CC)CCO)nc1C. The summed E-state index contributed by atoms with van der Waals surface area (Å²) in [5.74, 6) is 0.692. The maximum Gasteiger partial charge on any atom is 0.259 e. The molecule has 0 bridgehead atoms. The van der Waals surface area contributed by atoms with Crippen LogP contribution in [0.15, 0.2) is 11.2 Å². The normalized spacial score (nSPS) is 13.7. The standard InChI is InChI=1S/C12H23N3O3S/c1-4-7-15-9-12(13-10(15)3)19(17,18)14-11(5-2)6-8-16/h9,11,14,16H,4-8H2,1-3H3. The van der Waals surface area contributed by atoms with E-state index in [0.29, 0.717) is 18.7 Å². The van der Waals surface area contributed by atoms with Gasteiger partial charge in [0.05, 0.1) is 0 Å². The lowest BCUT2D eigenvalue weighted by Gasteiger charge is -2.14. The second-order valence-electron chi connectivity index (χ2n) is 4.56. The monoisotopic (exact) mass is 289 g/mol. The summed E-state index contributed by atoms with van der Waals surface area (Å²) in [6, 6.07) is -0.258. The van der Waals surface area contributed by atoms with E-state index in [0.717, 1.165) is 13.0 Å². The van der Waals surface area contributed by atoms with Crippen LogP contribution in [0, 0.1) is 6.92 Å². The van der Waals surface area contributed by atoms with E-state index < -0.39 is 10.0 Å². The second kappa shape index (κ2) is 7.02. The van der Waals surface area contributed by atoms with Crippen LogP contribution in [0.5, 0.6) is 0 Å². The highest BCUT2D eigenvalue weighted by Crippen LogP contribution is 2.11. The van der Waals surface area contributed by atoms with E-state index in [1.165, 1.54) is 0 Å². The maximum atomic E-state index is 12.2. The molecule has 19 heavy (non-hydrogen) atoms. The van der Waals surface area contributed by atoms with Gasteiger partial charge in [0, 0.05) is 25.4 Å². The van der Waals surface area contributed by atoms with Crippen molar-refractivity contribution in [2.45, 2.75) is 57.6 Å². The molecule has 110 valence electrons. The molecule has 1 aromatic heterocycles. The second-order valence-corrected chi connectivity index (χ2v) is 6.22. The molecule has 0 fully saturated rings. The number of aliphatic hydroxyl groups is 1. The summed E-state index contributed by atoms with van der Waals surface area (Å²) in [5, 5.41) is 8.95. The molecule has 0 aromatic carbocycles. The van der Waals surface area contributed by atoms with E-state index in [-0.39, 0.29) is 17.7 Å². The molecule has 0 saturated heterocycles. The molecule has 1 unspecified atom stereocenters. The zero-order chi connectivity index (χ0) is 14.5. The van der Waals surface area contributed by atoms with Gasteiger partial charge in [-0.25, -0.2) is 18.1 Å². The first-order valence-corrected chi connectivity index (χ1v) is 8.09. The Morgan fingerprint density at radius 3 is 2.68 bits per heavy atom. The van der Waals surface area contributed by atoms with Crippen molar-refractivity contribution in [3.63, 3.8) is 0 Å². The van der Waals surface area contributed by atoms with Crippen molar-refractivity contribution in [2.24, 2.45) is 0 Å². The summed E-state index contributed by atoms with van der Waals surface area (Å²) in [6.45, 7) is 6.41. The van der Waals surface area contributed by atoms with Gasteiger partial charge in [-0.3, -0.25) is 0 Å². The van der Waals surface area contributed by atoms with Crippen LogP contribution in [0.4, 0.5) is 0 Å². The number of aliphatic hydroxyl groups excluding tert-OH is 1. The van der Waals surface area contributed by atoms with Crippen molar-refractivity contribution in [3.8, 4) is 0 Å². The van der Waals surface area contributed by atoms with E-state index in [1.54, 1.807) is 13.1 Å². The van der Waals surface area contributed by atoms with Gasteiger partial charge in [-0.05, 0) is 26.2 Å². The molecule has 1 rings (SSSR count). The minimum absolute atomic E-state index is 0.0374. The van der Waals surface area contributed by atoms with Gasteiger partial charge in [0.1, 0.15) is 5.82 Å². The zero-order valence-corrected chi connectivity index (χ0v) is 12.6. The number of aromatic nitrogens is 2. The fraction of sp³-hybridized carbons (Fsp3) is 0.750. The molecule has 2 N–H and O–H groups in total. The summed E-state index contributed by atoms with van der Waals surface area (Å²) >= 11 is 0. The lowest BCUT2D eigenvalue weighted by atomic mass is 10.2. The molecule has 6 nitrogen and oxygen atoms in total. The van der Waals surface area contributed by atoms with Crippen molar-refractivity contribution in [2.75, 3.05) is 6.61 Å². The molecule has 0 saturated carbocycles. The topological polar surface area (TPSA) is 84.2 Å². The van der Waals surface area contributed by atoms with Crippen molar-refractivity contribution < 1.29 is 13.5 Å². The maximum absolute atomic E-state index is 12.2. The summed E-state index contributed by atoms with van der Waals surface area (Å²) in [5.41, 5.74) is 0. The number of nitrogens with one attached hydrogen (secondary N) is 1. The molecule has 0 aliphatic heterocycles. The van der Waals surface area contributed by atoms with E-state index in [1.807, 2.05) is 18.4 Å². The molecule has 0 amide bonds. The van der Waals surface area contributed by atoms with Crippen LogP contribution in [0.2, 0.25) is 0 Å². The summed E-state index contributed by atoms with van der Waals surface area (Å²) in [6.07, 6.45) is 3.53. The van der Waals surface area contributed by atoms with Gasteiger partial charge in [-0.15, -0.1) is 0 Å². The number of imidazole rings is 1. The van der Waals surface area contributed by atoms with E-state index >= 15 is 0 Å². The predicted octanol–water partition coefficient (Wildman–Crippen LogP) is 1.04. The van der Waals surface area contributed by atoms with Gasteiger partial charge in [0.25, 0.3) is 10.0 Å². The van der Waals surface area contributed by atoms with Gasteiger partial charge in [0.15, 0.2) is 5.03 Å². The van der Waals surface area contributed by atoms with Crippen LogP contribution >= 0.6 is 0 Å². The van der Waals surface area contributed by atoms with Crippen molar-refractivity contribution in [1.82, 2.24) is 14.3 Å². The van der Waals surface area contributed by atoms with E-state index in [9.17, 15) is 8.42 Å². The van der Waals surface area contributed by atoms with Gasteiger partial charge in [-0.1, -0.05) is 13.8 Å². The third kappa shape index (κ3) is 4.29. The quantitative estimate of drug-likeness (QED) is 0.749. The minimum Gasteiger partial charge on any atom is -0.396 e. The zero-order valence-electron chi connectivity index (χ0n) is 11.8. The molecule has 1 aromatic rings. The predicted molar refractivity (Wildman–Crippen MR) is 73.4 cm³/mol. The number of aryl methyl sites for hydroxylation is 2. The fourth-order valence-electron chi connectivity index (χ4n) is 1.86. The molecule has 7 heteroatoms. The highest BCUT2D eigenvalue weighted by Gasteiger charge is 2.22. The summed E-state index contributed by atoms with van der Waals surface area (Å²) < 4.78 is 28.8. The van der Waals surface area contributed by atoms with Gasteiger partial charge >= 0.3 is 0 Å². The smallest absolute Gasteiger partial charge is 0.259 e. The Bertz CT molecular complexity index is 496. The molecular weight excluding hydrogens is 266 g/mol. The first kappa shape index (κ1) is 16.1. The van der Waals surface area contributed by atoms with Crippen LogP contribution in [0.1, 0.15) is 38.9 Å². The van der Waals surface area contributed by atoms with Gasteiger partial charge in [0.2, 0.25) is 0 Å². The van der Waals surface area contributed by atoms with Crippen LogP contribution in [0.25, 0.3) is 0 Å². The van der Waals surface area contributed by atoms with Gasteiger partial charge < -0.3 is 9.67 Å². The highest BCUT2D eigenvalue weighted by molar-refractivity contribution is 7.89. The Hall–Kier alpha value is -0.920. The molecule has 0 radical (unpaired) electrons. The van der Waals surface area contributed by atoms with E-state index in [2.05, 4.69) is 9.71 Å². The van der Waals surface area contributed by atoms with Crippen molar-refractivity contribution in [1.29, 1.82) is 0 Å². The van der Waals surface area contributed by atoms with Crippen molar-refractivity contribution in [3.05, 3.63) is 12.0 Å². The number of sulfonamides is 1. The van der Waals surface area contributed by atoms with Crippen LogP contribution in [-0.4, -0.2) is 35.7 Å². The number of hydrogen-bond donors (Lipinski definition) is 2. The summed E-state index contributed by atoms with van der Waals surface area (Å²) in [4.78, 5) is 4.10. The highest BCUT2D eigenvalue weighted by atomic mass is 32.2. The van der Waals surface area contributed by atoms with Crippen molar-refractivity contribution >= 4 is 10.0 Å². The fourth-order valence-corrected chi connectivity index (χ4v) is 3.22. The molecule has 1 atom stereocenters. The van der Waals surface area contributed by atoms with Crippen LogP contribution in [-0.2, 0) is 16.6 Å². The first-order valence-electron chi connectivity index (χ1n) is 6.61. The minimum atomic E-state index is -3.61. The third-order valence-electron chi connectivity index (χ3n) is 2.99.